The lowest BCUT2D eigenvalue weighted by Crippen LogP contribution is -2.47. The van der Waals surface area contributed by atoms with Crippen LogP contribution in [0.5, 0.6) is 5.88 Å². The van der Waals surface area contributed by atoms with Gasteiger partial charge in [0.25, 0.3) is 0 Å². The first kappa shape index (κ1) is 18.5. The first-order valence-corrected chi connectivity index (χ1v) is 9.35. The van der Waals surface area contributed by atoms with Crippen LogP contribution in [0.3, 0.4) is 0 Å². The SMILES string of the molecule is O=C(CN(Cl)c1cccc(F)c1)N1CCC[C@@H](Oc2ncnc3[nH]ccc23)C1. The van der Waals surface area contributed by atoms with Crippen LogP contribution in [-0.4, -0.2) is 51.5 Å². The fourth-order valence-corrected chi connectivity index (χ4v) is 3.51. The fourth-order valence-electron chi connectivity index (χ4n) is 3.30. The van der Waals surface area contributed by atoms with Gasteiger partial charge in [-0.3, -0.25) is 9.21 Å². The molecule has 1 aliphatic heterocycles. The topological polar surface area (TPSA) is 74.3 Å². The molecule has 1 N–H and O–H groups in total. The predicted molar refractivity (Wildman–Crippen MR) is 104 cm³/mol. The number of nitrogens with one attached hydrogen (secondary N) is 1. The molecular formula is C19H19ClFN5O2. The largest absolute Gasteiger partial charge is 0.472 e. The van der Waals surface area contributed by atoms with Gasteiger partial charge in [0.05, 0.1) is 17.6 Å². The molecule has 2 aromatic heterocycles. The van der Waals surface area contributed by atoms with E-state index in [4.69, 9.17) is 16.5 Å². The van der Waals surface area contributed by atoms with E-state index in [1.165, 1.54) is 22.9 Å². The maximum Gasteiger partial charge on any atom is 0.243 e. The van der Waals surface area contributed by atoms with Crippen molar-refractivity contribution in [2.45, 2.75) is 18.9 Å². The molecule has 9 heteroatoms. The van der Waals surface area contributed by atoms with E-state index in [-0.39, 0.29) is 18.6 Å². The average molecular weight is 404 g/mol. The number of ether oxygens (including phenoxy) is 1. The molecule has 0 bridgehead atoms. The number of benzene rings is 1. The number of amides is 1. The van der Waals surface area contributed by atoms with Gasteiger partial charge in [-0.1, -0.05) is 6.07 Å². The molecule has 0 radical (unpaired) electrons. The Labute approximate surface area is 166 Å². The third kappa shape index (κ3) is 4.01. The minimum absolute atomic E-state index is 0.0483. The van der Waals surface area contributed by atoms with E-state index in [2.05, 4.69) is 15.0 Å². The molecule has 1 saturated heterocycles. The highest BCUT2D eigenvalue weighted by Gasteiger charge is 2.27. The van der Waals surface area contributed by atoms with Crippen molar-refractivity contribution in [2.24, 2.45) is 0 Å². The third-order valence-corrected chi connectivity index (χ3v) is 5.00. The normalized spacial score (nSPS) is 16.9. The van der Waals surface area contributed by atoms with Crippen molar-refractivity contribution in [2.75, 3.05) is 24.1 Å². The van der Waals surface area contributed by atoms with Crippen molar-refractivity contribution in [3.8, 4) is 5.88 Å². The standard InChI is InChI=1S/C19H19ClFN5O2/c20-26(14-4-1-3-13(21)9-14)11-17(27)25-8-2-5-15(10-25)28-19-16-6-7-22-18(16)23-12-24-19/h1,3-4,6-7,9,12,15H,2,5,8,10-11H2,(H,22,23,24)/t15-/m1/s1. The molecule has 7 nitrogen and oxygen atoms in total. The highest BCUT2D eigenvalue weighted by atomic mass is 35.5. The third-order valence-electron chi connectivity index (χ3n) is 4.69. The van der Waals surface area contributed by atoms with Gasteiger partial charge >= 0.3 is 0 Å². The number of hydrogen-bond donors (Lipinski definition) is 1. The Morgan fingerprint density at radius 3 is 3.14 bits per heavy atom. The van der Waals surface area contributed by atoms with E-state index in [0.717, 1.165) is 18.2 Å². The van der Waals surface area contributed by atoms with E-state index in [9.17, 15) is 9.18 Å². The van der Waals surface area contributed by atoms with E-state index in [0.29, 0.717) is 30.3 Å². The minimum Gasteiger partial charge on any atom is -0.472 e. The van der Waals surface area contributed by atoms with Gasteiger partial charge < -0.3 is 14.6 Å². The summed E-state index contributed by atoms with van der Waals surface area (Å²) >= 11 is 6.18. The number of H-pyrrole nitrogens is 1. The first-order chi connectivity index (χ1) is 13.6. The van der Waals surface area contributed by atoms with Gasteiger partial charge in [-0.25, -0.2) is 14.4 Å². The van der Waals surface area contributed by atoms with Crippen LogP contribution in [0, 0.1) is 5.82 Å². The molecule has 1 amide bonds. The molecule has 0 unspecified atom stereocenters. The molecule has 3 heterocycles. The second kappa shape index (κ2) is 8.02. The van der Waals surface area contributed by atoms with Gasteiger partial charge in [0.15, 0.2) is 0 Å². The second-order valence-electron chi connectivity index (χ2n) is 6.64. The fraction of sp³-hybridized carbons (Fsp3) is 0.316. The predicted octanol–water partition coefficient (Wildman–Crippen LogP) is 3.13. The van der Waals surface area contributed by atoms with Crippen molar-refractivity contribution in [1.29, 1.82) is 0 Å². The van der Waals surface area contributed by atoms with Gasteiger partial charge in [-0.15, -0.1) is 0 Å². The van der Waals surface area contributed by atoms with E-state index in [1.54, 1.807) is 23.2 Å². The maximum absolute atomic E-state index is 13.4. The van der Waals surface area contributed by atoms with Gasteiger partial charge in [0.1, 0.15) is 30.4 Å². The average Bonchev–Trinajstić information content (AvgIpc) is 3.18. The summed E-state index contributed by atoms with van der Waals surface area (Å²) in [7, 11) is 0. The van der Waals surface area contributed by atoms with Crippen molar-refractivity contribution < 1.29 is 13.9 Å². The number of carbonyl (C=O) groups excluding carboxylic acids is 1. The lowest BCUT2D eigenvalue weighted by atomic mass is 10.1. The Hall–Kier alpha value is -2.87. The number of likely N-dealkylation sites (tertiary alicyclic amines) is 1. The van der Waals surface area contributed by atoms with Gasteiger partial charge in [0.2, 0.25) is 11.8 Å². The van der Waals surface area contributed by atoms with Crippen molar-refractivity contribution in [1.82, 2.24) is 19.9 Å². The summed E-state index contributed by atoms with van der Waals surface area (Å²) in [5, 5.41) is 0.809. The van der Waals surface area contributed by atoms with E-state index >= 15 is 0 Å². The van der Waals surface area contributed by atoms with Crippen LogP contribution in [0.25, 0.3) is 11.0 Å². The molecule has 1 atom stereocenters. The molecule has 4 rings (SSSR count). The van der Waals surface area contributed by atoms with Crippen LogP contribution in [0.15, 0.2) is 42.9 Å². The Kier molecular flexibility index (Phi) is 5.29. The number of rotatable bonds is 5. The van der Waals surface area contributed by atoms with E-state index in [1.807, 2.05) is 6.07 Å². The molecule has 1 aromatic carbocycles. The lowest BCUT2D eigenvalue weighted by Gasteiger charge is -2.33. The zero-order chi connectivity index (χ0) is 19.5. The highest BCUT2D eigenvalue weighted by molar-refractivity contribution is 6.27. The number of aromatic amines is 1. The number of piperidine rings is 1. The number of nitrogens with zero attached hydrogens (tertiary/aromatic N) is 4. The Balaban J connectivity index is 1.39. The van der Waals surface area contributed by atoms with Crippen LogP contribution in [0.1, 0.15) is 12.8 Å². The smallest absolute Gasteiger partial charge is 0.243 e. The van der Waals surface area contributed by atoms with Crippen LogP contribution < -0.4 is 9.16 Å². The van der Waals surface area contributed by atoms with Crippen molar-refractivity contribution in [3.05, 3.63) is 48.7 Å². The summed E-state index contributed by atoms with van der Waals surface area (Å²) in [5.74, 6) is -0.0331. The van der Waals surface area contributed by atoms with Crippen molar-refractivity contribution >= 4 is 34.4 Å². The molecular weight excluding hydrogens is 385 g/mol. The first-order valence-electron chi connectivity index (χ1n) is 9.01. The number of fused-ring (bicyclic) bond motifs is 1. The molecule has 0 saturated carbocycles. The van der Waals surface area contributed by atoms with Gasteiger partial charge in [-0.05, 0) is 37.1 Å². The monoisotopic (exact) mass is 403 g/mol. The molecule has 28 heavy (non-hydrogen) atoms. The zero-order valence-electron chi connectivity index (χ0n) is 15.0. The Morgan fingerprint density at radius 1 is 1.39 bits per heavy atom. The summed E-state index contributed by atoms with van der Waals surface area (Å²) in [5.41, 5.74) is 1.15. The van der Waals surface area contributed by atoms with Gasteiger partial charge in [-0.2, -0.15) is 0 Å². The summed E-state index contributed by atoms with van der Waals surface area (Å²) in [6.07, 6.45) is 4.71. The number of carbonyl (C=O) groups is 1. The summed E-state index contributed by atoms with van der Waals surface area (Å²) in [6, 6.07) is 7.69. The summed E-state index contributed by atoms with van der Waals surface area (Å²) < 4.78 is 20.6. The number of anilines is 1. The van der Waals surface area contributed by atoms with E-state index < -0.39 is 5.82 Å². The molecule has 1 fully saturated rings. The van der Waals surface area contributed by atoms with Crippen LogP contribution >= 0.6 is 11.8 Å². The van der Waals surface area contributed by atoms with Crippen LogP contribution in [0.2, 0.25) is 0 Å². The Bertz CT molecular complexity index is 982. The number of halogens is 2. The van der Waals surface area contributed by atoms with Crippen LogP contribution in [0.4, 0.5) is 10.1 Å². The number of aromatic nitrogens is 3. The molecule has 0 aliphatic carbocycles. The highest BCUT2D eigenvalue weighted by Crippen LogP contribution is 2.24. The van der Waals surface area contributed by atoms with Gasteiger partial charge in [0, 0.05) is 24.5 Å². The zero-order valence-corrected chi connectivity index (χ0v) is 15.8. The maximum atomic E-state index is 13.4. The van der Waals surface area contributed by atoms with Crippen molar-refractivity contribution in [3.63, 3.8) is 0 Å². The Morgan fingerprint density at radius 2 is 2.29 bits per heavy atom. The molecule has 3 aromatic rings. The molecule has 146 valence electrons. The number of hydrogen-bond acceptors (Lipinski definition) is 5. The lowest BCUT2D eigenvalue weighted by molar-refractivity contribution is -0.132. The van der Waals surface area contributed by atoms with Crippen LogP contribution in [-0.2, 0) is 4.79 Å². The minimum atomic E-state index is -0.400. The quantitative estimate of drug-likeness (QED) is 0.662. The summed E-state index contributed by atoms with van der Waals surface area (Å²) in [4.78, 5) is 25.8. The summed E-state index contributed by atoms with van der Waals surface area (Å²) in [6.45, 7) is 1.03. The second-order valence-corrected chi connectivity index (χ2v) is 7.05. The molecule has 0 spiro atoms. The molecule has 1 aliphatic rings.